The molecule has 2 unspecified atom stereocenters. The molecule has 1 aliphatic rings. The first-order valence-electron chi connectivity index (χ1n) is 9.38. The van der Waals surface area contributed by atoms with E-state index >= 15 is 0 Å². The van der Waals surface area contributed by atoms with E-state index in [4.69, 9.17) is 27.4 Å². The molecule has 0 spiro atoms. The van der Waals surface area contributed by atoms with Crippen molar-refractivity contribution in [2.24, 2.45) is 0 Å². The van der Waals surface area contributed by atoms with Gasteiger partial charge in [-0.05, 0) is 24.6 Å². The summed E-state index contributed by atoms with van der Waals surface area (Å²) < 4.78 is 10.8. The van der Waals surface area contributed by atoms with Gasteiger partial charge in [0.05, 0.1) is 5.69 Å². The van der Waals surface area contributed by atoms with Crippen molar-refractivity contribution < 1.29 is 24.2 Å². The molecule has 1 aliphatic heterocycles. The Balaban J connectivity index is 2.33. The predicted molar refractivity (Wildman–Crippen MR) is 114 cm³/mol. The lowest BCUT2D eigenvalue weighted by Crippen LogP contribution is -2.67. The molecule has 2 atom stereocenters. The number of terminal acetylenes is 1. The second-order valence-corrected chi connectivity index (χ2v) is 6.89. The normalized spacial score (nSPS) is 20.3. The number of methoxy groups -OCH3 is 2. The summed E-state index contributed by atoms with van der Waals surface area (Å²) in [5.74, 6) is 0.459. The molecule has 0 aliphatic carbocycles. The summed E-state index contributed by atoms with van der Waals surface area (Å²) in [5, 5.41) is 10.0. The molecule has 1 aromatic heterocycles. The number of carboxylic acid groups (broad SMARTS) is 1. The van der Waals surface area contributed by atoms with Crippen LogP contribution in [0.3, 0.4) is 0 Å². The number of nitrogens with two attached hydrogens (primary N) is 2. The third-order valence-corrected chi connectivity index (χ3v) is 5.44. The van der Waals surface area contributed by atoms with Crippen molar-refractivity contribution in [2.45, 2.75) is 25.2 Å². The monoisotopic (exact) mass is 425 g/mol. The Morgan fingerprint density at radius 1 is 1.39 bits per heavy atom. The van der Waals surface area contributed by atoms with Crippen LogP contribution in [0.4, 0.5) is 17.5 Å². The Morgan fingerprint density at radius 2 is 2.10 bits per heavy atom. The number of aliphatic carboxylic acids is 1. The molecule has 10 heteroatoms. The van der Waals surface area contributed by atoms with Crippen molar-refractivity contribution in [1.82, 2.24) is 9.97 Å². The zero-order chi connectivity index (χ0) is 22.9. The molecule has 2 heterocycles. The molecule has 162 valence electrons. The average molecular weight is 425 g/mol. The standard InChI is InChI=1S/C21H23N5O5/c1-5-11-7-8-14-15(13(11)9-12-10-24-20(23)25-17(12)22)16(27)21(31-4,19(28)29)18(30-3)26(14)6-2/h1,7-8,10,18H,6,9H2,2-4H3,(H,28,29)(H4,22,23,24,25). The van der Waals surface area contributed by atoms with Crippen LogP contribution < -0.4 is 16.4 Å². The molecule has 3 rings (SSSR count). The SMILES string of the molecule is C#Cc1ccc2c(c1Cc1cnc(N)nc1N)C(=O)C(OC)(C(=O)O)C(OC)N2CC. The van der Waals surface area contributed by atoms with Gasteiger partial charge in [-0.25, -0.2) is 9.78 Å². The van der Waals surface area contributed by atoms with E-state index in [1.807, 2.05) is 6.92 Å². The van der Waals surface area contributed by atoms with Crippen LogP contribution in [0, 0.1) is 12.3 Å². The second kappa shape index (κ2) is 8.22. The molecule has 0 saturated carbocycles. The first-order chi connectivity index (χ1) is 14.8. The molecule has 0 radical (unpaired) electrons. The topological polar surface area (TPSA) is 154 Å². The molecule has 0 fully saturated rings. The molecule has 10 nitrogen and oxygen atoms in total. The molecular formula is C21H23N5O5. The minimum atomic E-state index is -2.29. The average Bonchev–Trinajstić information content (AvgIpc) is 2.75. The number of ketones is 1. The minimum absolute atomic E-state index is 0.00830. The summed E-state index contributed by atoms with van der Waals surface area (Å²) in [7, 11) is 2.48. The Morgan fingerprint density at radius 3 is 2.61 bits per heavy atom. The number of rotatable bonds is 6. The van der Waals surface area contributed by atoms with Crippen LogP contribution in [-0.2, 0) is 20.7 Å². The minimum Gasteiger partial charge on any atom is -0.479 e. The number of aromatic nitrogens is 2. The third kappa shape index (κ3) is 3.24. The highest BCUT2D eigenvalue weighted by atomic mass is 16.6. The van der Waals surface area contributed by atoms with Crippen LogP contribution in [-0.4, -0.2) is 59.4 Å². The van der Waals surface area contributed by atoms with Crippen molar-refractivity contribution in [3.63, 3.8) is 0 Å². The van der Waals surface area contributed by atoms with Gasteiger partial charge < -0.3 is 30.9 Å². The fourth-order valence-electron chi connectivity index (χ4n) is 3.96. The lowest BCUT2D eigenvalue weighted by Gasteiger charge is -2.46. The largest absolute Gasteiger partial charge is 0.479 e. The summed E-state index contributed by atoms with van der Waals surface area (Å²) in [6.07, 6.45) is 6.05. The van der Waals surface area contributed by atoms with Crippen LogP contribution in [0.25, 0.3) is 0 Å². The molecule has 0 saturated heterocycles. The van der Waals surface area contributed by atoms with Gasteiger partial charge in [-0.1, -0.05) is 5.92 Å². The van der Waals surface area contributed by atoms with Gasteiger partial charge in [-0.2, -0.15) is 4.98 Å². The summed E-state index contributed by atoms with van der Waals surface area (Å²) in [4.78, 5) is 35.6. The first kappa shape index (κ1) is 22.0. The first-order valence-corrected chi connectivity index (χ1v) is 9.38. The van der Waals surface area contributed by atoms with E-state index in [0.717, 1.165) is 7.11 Å². The van der Waals surface area contributed by atoms with Crippen molar-refractivity contribution in [2.75, 3.05) is 37.1 Å². The maximum atomic E-state index is 13.7. The van der Waals surface area contributed by atoms with E-state index in [-0.39, 0.29) is 23.8 Å². The van der Waals surface area contributed by atoms with Crippen LogP contribution in [0.2, 0.25) is 0 Å². The van der Waals surface area contributed by atoms with Crippen molar-refractivity contribution in [3.05, 3.63) is 40.6 Å². The number of likely N-dealkylation sites (N-methyl/N-ethyl adjacent to an activating group) is 1. The van der Waals surface area contributed by atoms with Crippen LogP contribution in [0.1, 0.15) is 34.0 Å². The van der Waals surface area contributed by atoms with E-state index in [2.05, 4.69) is 15.9 Å². The van der Waals surface area contributed by atoms with Gasteiger partial charge in [0.25, 0.3) is 5.60 Å². The van der Waals surface area contributed by atoms with E-state index in [1.54, 1.807) is 17.0 Å². The number of Topliss-reactive ketones (excluding diaryl/α,β-unsaturated/α-hetero) is 1. The maximum absolute atomic E-state index is 13.7. The molecule has 31 heavy (non-hydrogen) atoms. The van der Waals surface area contributed by atoms with E-state index in [0.29, 0.717) is 28.9 Å². The lowest BCUT2D eigenvalue weighted by molar-refractivity contribution is -0.170. The smallest absolute Gasteiger partial charge is 0.349 e. The van der Waals surface area contributed by atoms with E-state index in [1.165, 1.54) is 13.3 Å². The quantitative estimate of drug-likeness (QED) is 0.444. The van der Waals surface area contributed by atoms with E-state index < -0.39 is 23.6 Å². The van der Waals surface area contributed by atoms with Crippen molar-refractivity contribution in [3.8, 4) is 12.3 Å². The van der Waals surface area contributed by atoms with Gasteiger partial charge in [0, 0.05) is 50.1 Å². The molecule has 5 N–H and O–H groups in total. The van der Waals surface area contributed by atoms with Crippen molar-refractivity contribution in [1.29, 1.82) is 0 Å². The highest BCUT2D eigenvalue weighted by Gasteiger charge is 2.60. The summed E-state index contributed by atoms with van der Waals surface area (Å²) in [6, 6.07) is 3.36. The fraction of sp³-hybridized carbons (Fsp3) is 0.333. The third-order valence-electron chi connectivity index (χ3n) is 5.44. The summed E-state index contributed by atoms with van der Waals surface area (Å²) in [6.45, 7) is 2.16. The van der Waals surface area contributed by atoms with Gasteiger partial charge in [0.15, 0.2) is 6.23 Å². The highest BCUT2D eigenvalue weighted by Crippen LogP contribution is 2.42. The number of hydrogen-bond donors (Lipinski definition) is 3. The van der Waals surface area contributed by atoms with Gasteiger partial charge in [-0.15, -0.1) is 6.42 Å². The van der Waals surface area contributed by atoms with Gasteiger partial charge in [0.2, 0.25) is 11.7 Å². The zero-order valence-corrected chi connectivity index (χ0v) is 17.4. The molecular weight excluding hydrogens is 402 g/mol. The maximum Gasteiger partial charge on any atom is 0.349 e. The summed E-state index contributed by atoms with van der Waals surface area (Å²) >= 11 is 0. The summed E-state index contributed by atoms with van der Waals surface area (Å²) in [5.41, 5.74) is 11.2. The number of benzene rings is 1. The number of carbonyl (C=O) groups excluding carboxylic acids is 1. The van der Waals surface area contributed by atoms with Crippen LogP contribution in [0.15, 0.2) is 18.3 Å². The van der Waals surface area contributed by atoms with Crippen molar-refractivity contribution >= 4 is 29.2 Å². The number of nitrogens with zero attached hydrogens (tertiary/aromatic N) is 3. The Labute approximate surface area is 179 Å². The lowest BCUT2D eigenvalue weighted by atomic mass is 9.80. The Bertz CT molecular complexity index is 1100. The number of fused-ring (bicyclic) bond motifs is 1. The second-order valence-electron chi connectivity index (χ2n) is 6.89. The zero-order valence-electron chi connectivity index (χ0n) is 17.4. The molecule has 2 aromatic rings. The Kier molecular flexibility index (Phi) is 5.83. The van der Waals surface area contributed by atoms with Crippen LogP contribution >= 0.6 is 0 Å². The predicted octanol–water partition coefficient (Wildman–Crippen LogP) is 0.678. The van der Waals surface area contributed by atoms with Gasteiger partial charge in [0.1, 0.15) is 5.82 Å². The number of hydrogen-bond acceptors (Lipinski definition) is 9. The van der Waals surface area contributed by atoms with E-state index in [9.17, 15) is 14.7 Å². The number of carboxylic acids is 1. The molecule has 0 bridgehead atoms. The van der Waals surface area contributed by atoms with Gasteiger partial charge >= 0.3 is 5.97 Å². The number of nitrogen functional groups attached to an aromatic ring is 2. The molecule has 1 aromatic carbocycles. The van der Waals surface area contributed by atoms with Gasteiger partial charge in [-0.3, -0.25) is 4.79 Å². The van der Waals surface area contributed by atoms with Crippen LogP contribution in [0.5, 0.6) is 0 Å². The fourth-order valence-corrected chi connectivity index (χ4v) is 3.96. The Hall–Kier alpha value is -3.68. The number of carbonyl (C=O) groups is 2. The highest BCUT2D eigenvalue weighted by molar-refractivity contribution is 6.20. The number of ether oxygens (including phenoxy) is 2. The number of anilines is 3. The molecule has 0 amide bonds.